The molecule has 0 unspecified atom stereocenters. The van der Waals surface area contributed by atoms with Crippen LogP contribution in [0.4, 0.5) is 17.6 Å². The number of aromatic amines is 1. The fourth-order valence-corrected chi connectivity index (χ4v) is 4.93. The fraction of sp³-hybridized carbons (Fsp3) is 0.265. The van der Waals surface area contributed by atoms with E-state index < -0.39 is 41.1 Å². The topological polar surface area (TPSA) is 114 Å². The predicted molar refractivity (Wildman–Crippen MR) is 165 cm³/mol. The number of aryl methyl sites for hydroxylation is 2. The number of allylic oxidation sites excluding steroid dienone is 4. The van der Waals surface area contributed by atoms with Crippen molar-refractivity contribution >= 4 is 22.5 Å². The number of methoxy groups -OCH3 is 1. The van der Waals surface area contributed by atoms with Crippen molar-refractivity contribution in [3.63, 3.8) is 0 Å². The monoisotopic (exact) mass is 633 g/mol. The first-order valence-electron chi connectivity index (χ1n) is 14.4. The fourth-order valence-electron chi connectivity index (χ4n) is 4.93. The van der Waals surface area contributed by atoms with Crippen LogP contribution in [0.5, 0.6) is 5.75 Å². The average molecular weight is 634 g/mol. The molecule has 2 N–H and O–H groups in total. The van der Waals surface area contributed by atoms with E-state index in [9.17, 15) is 18.0 Å². The summed E-state index contributed by atoms with van der Waals surface area (Å²) in [4.78, 5) is 22.1. The van der Waals surface area contributed by atoms with Gasteiger partial charge in [0, 0.05) is 29.8 Å². The van der Waals surface area contributed by atoms with Crippen LogP contribution in [0.15, 0.2) is 84.7 Å². The summed E-state index contributed by atoms with van der Waals surface area (Å²) < 4.78 is 66.8. The first kappa shape index (κ1) is 32.3. The summed E-state index contributed by atoms with van der Waals surface area (Å²) in [5.41, 5.74) is 1.09. The van der Waals surface area contributed by atoms with Crippen LogP contribution in [0.1, 0.15) is 37.0 Å². The number of alkyl halides is 3. The number of nitrogens with one attached hydrogen (secondary N) is 2. The van der Waals surface area contributed by atoms with Gasteiger partial charge in [-0.05, 0) is 74.1 Å². The number of benzene rings is 2. The quantitative estimate of drug-likeness (QED) is 0.131. The number of ether oxygens (including phenoxy) is 2. The van der Waals surface area contributed by atoms with E-state index in [4.69, 9.17) is 14.9 Å². The van der Waals surface area contributed by atoms with E-state index >= 15 is 4.39 Å². The van der Waals surface area contributed by atoms with E-state index in [1.54, 1.807) is 25.4 Å². The zero-order valence-corrected chi connectivity index (χ0v) is 25.4. The van der Waals surface area contributed by atoms with E-state index in [1.807, 2.05) is 12.3 Å². The highest BCUT2D eigenvalue weighted by molar-refractivity contribution is 6.46. The summed E-state index contributed by atoms with van der Waals surface area (Å²) >= 11 is 0. The molecule has 0 spiro atoms. The van der Waals surface area contributed by atoms with Gasteiger partial charge >= 0.3 is 6.18 Å². The zero-order chi connectivity index (χ0) is 33.2. The van der Waals surface area contributed by atoms with Crippen molar-refractivity contribution in [1.82, 2.24) is 20.2 Å². The van der Waals surface area contributed by atoms with Crippen LogP contribution < -0.4 is 4.74 Å². The lowest BCUT2D eigenvalue weighted by Gasteiger charge is -2.32. The largest absolute Gasteiger partial charge is 0.496 e. The van der Waals surface area contributed by atoms with Gasteiger partial charge in [-0.1, -0.05) is 18.7 Å². The number of aromatic nitrogens is 4. The van der Waals surface area contributed by atoms with Gasteiger partial charge in [-0.2, -0.15) is 18.3 Å². The molecule has 0 saturated heterocycles. The van der Waals surface area contributed by atoms with Crippen molar-refractivity contribution in [3.8, 4) is 17.0 Å². The molecular formula is C34H31F4N5O3. The molecule has 2 aromatic carbocycles. The lowest BCUT2D eigenvalue weighted by Crippen LogP contribution is -2.36. The Hall–Kier alpha value is -5.13. The van der Waals surface area contributed by atoms with Gasteiger partial charge in [0.2, 0.25) is 0 Å². The van der Waals surface area contributed by atoms with Crippen molar-refractivity contribution < 1.29 is 31.8 Å². The van der Waals surface area contributed by atoms with E-state index in [0.29, 0.717) is 28.0 Å². The van der Waals surface area contributed by atoms with Crippen molar-refractivity contribution in [2.75, 3.05) is 7.11 Å². The van der Waals surface area contributed by atoms with Crippen molar-refractivity contribution in [2.24, 2.45) is 5.41 Å². The van der Waals surface area contributed by atoms with E-state index in [2.05, 4.69) is 26.7 Å². The van der Waals surface area contributed by atoms with E-state index in [-0.39, 0.29) is 16.9 Å². The third kappa shape index (κ3) is 6.75. The van der Waals surface area contributed by atoms with E-state index in [0.717, 1.165) is 50.3 Å². The minimum absolute atomic E-state index is 0.0142. The summed E-state index contributed by atoms with van der Waals surface area (Å²) in [6.45, 7) is 5.40. The molecule has 1 aliphatic rings. The number of carbonyl (C=O) groups is 1. The van der Waals surface area contributed by atoms with Gasteiger partial charge in [0.25, 0.3) is 0 Å². The maximum Gasteiger partial charge on any atom is 0.400 e. The highest BCUT2D eigenvalue weighted by Crippen LogP contribution is 2.46. The minimum atomic E-state index is -4.65. The molecule has 1 aliphatic heterocycles. The minimum Gasteiger partial charge on any atom is -0.496 e. The molecular weight excluding hydrogens is 602 g/mol. The summed E-state index contributed by atoms with van der Waals surface area (Å²) in [6, 6.07) is 7.95. The summed E-state index contributed by atoms with van der Waals surface area (Å²) in [5, 5.41) is 15.1. The van der Waals surface area contributed by atoms with Crippen LogP contribution in [-0.2, 0) is 28.8 Å². The molecule has 238 valence electrons. The molecule has 0 amide bonds. The Bertz CT molecular complexity index is 1890. The van der Waals surface area contributed by atoms with Gasteiger partial charge in [-0.15, -0.1) is 0 Å². The van der Waals surface area contributed by atoms with Gasteiger partial charge in [0.1, 0.15) is 34.2 Å². The number of nitrogens with zero attached hydrogens (tertiary/aromatic N) is 3. The number of carbonyl (C=O) groups excluding carboxylic acids is 1. The van der Waals surface area contributed by atoms with Crippen molar-refractivity contribution in [3.05, 3.63) is 107 Å². The summed E-state index contributed by atoms with van der Waals surface area (Å²) in [6.07, 6.45) is 4.78. The number of ketones is 1. The van der Waals surface area contributed by atoms with Crippen LogP contribution in [0, 0.1) is 16.6 Å². The van der Waals surface area contributed by atoms with Crippen LogP contribution in [0.2, 0.25) is 0 Å². The van der Waals surface area contributed by atoms with Gasteiger partial charge in [-0.3, -0.25) is 20.3 Å². The molecule has 0 bridgehead atoms. The van der Waals surface area contributed by atoms with Crippen LogP contribution in [-0.4, -0.2) is 44.9 Å². The van der Waals surface area contributed by atoms with Gasteiger partial charge in [0.15, 0.2) is 5.78 Å². The Morgan fingerprint density at radius 3 is 2.52 bits per heavy atom. The van der Waals surface area contributed by atoms with Crippen molar-refractivity contribution in [2.45, 2.75) is 45.7 Å². The van der Waals surface area contributed by atoms with Crippen LogP contribution in [0.3, 0.4) is 0 Å². The number of halogens is 4. The molecule has 0 atom stereocenters. The normalized spacial score (nSPS) is 13.7. The zero-order valence-electron chi connectivity index (χ0n) is 25.4. The number of Topliss-reactive ketones (excluding diaryl/α,β-unsaturated/α-hetero) is 1. The third-order valence-electron chi connectivity index (χ3n) is 7.85. The lowest BCUT2D eigenvalue weighted by atomic mass is 9.86. The molecule has 0 saturated carbocycles. The third-order valence-corrected chi connectivity index (χ3v) is 7.85. The average Bonchev–Trinajstić information content (AvgIpc) is 3.53. The van der Waals surface area contributed by atoms with Gasteiger partial charge in [0.05, 0.1) is 36.2 Å². The number of hydrogen-bond acceptors (Lipinski definition) is 7. The maximum absolute atomic E-state index is 15.2. The predicted octanol–water partition coefficient (Wildman–Crippen LogP) is 7.42. The molecule has 0 radical (unpaired) electrons. The van der Waals surface area contributed by atoms with E-state index in [1.165, 1.54) is 24.4 Å². The highest BCUT2D eigenvalue weighted by Gasteiger charge is 2.52. The Morgan fingerprint density at radius 1 is 1.07 bits per heavy atom. The Kier molecular flexibility index (Phi) is 8.91. The Labute approximate surface area is 262 Å². The van der Waals surface area contributed by atoms with Crippen LogP contribution in [0.25, 0.3) is 22.3 Å². The lowest BCUT2D eigenvalue weighted by molar-refractivity contribution is -0.207. The molecule has 4 aromatic rings. The first-order valence-corrected chi connectivity index (χ1v) is 14.4. The number of hydrogen-bond donors (Lipinski definition) is 2. The summed E-state index contributed by atoms with van der Waals surface area (Å²) in [5.74, 6) is -1.46. The second-order valence-electron chi connectivity index (χ2n) is 11.4. The number of rotatable bonds is 11. The SMILES string of the molecule is C=C1C=C(C(=N)C(=O)Cc2ccc(-c3cnc4cc(CCCc5cn[nH]c5)c(OC)cc4n3)cc2F)C=C(C(C)(C)C(F)(F)F)O1. The standard InChI is InChI=1S/C34H31F4N5O3/c1-19-10-24(14-31(46-19)33(2,3)34(36,37)38)32(39)29(44)13-21-8-9-22(11-25(21)35)28-18-40-26-12-23(30(45-4)15-27(26)43-28)7-5-6-20-16-41-42-17-20/h8-12,14-18,39H,1,5-7,13H2,2-4H3,(H,41,42). The summed E-state index contributed by atoms with van der Waals surface area (Å²) in [7, 11) is 1.58. The molecule has 12 heteroatoms. The first-order chi connectivity index (χ1) is 21.8. The number of H-pyrrole nitrogens is 1. The molecule has 2 aromatic heterocycles. The molecule has 3 heterocycles. The smallest absolute Gasteiger partial charge is 0.400 e. The van der Waals surface area contributed by atoms with Crippen molar-refractivity contribution in [1.29, 1.82) is 5.41 Å². The molecule has 0 fully saturated rings. The maximum atomic E-state index is 15.2. The Balaban J connectivity index is 1.31. The van der Waals surface area contributed by atoms with Crippen LogP contribution >= 0.6 is 0 Å². The molecule has 0 aliphatic carbocycles. The molecule has 46 heavy (non-hydrogen) atoms. The second kappa shape index (κ2) is 12.7. The number of fused-ring (bicyclic) bond motifs is 1. The van der Waals surface area contributed by atoms with Gasteiger partial charge in [-0.25, -0.2) is 9.37 Å². The second-order valence-corrected chi connectivity index (χ2v) is 11.4. The Morgan fingerprint density at radius 2 is 1.85 bits per heavy atom. The highest BCUT2D eigenvalue weighted by atomic mass is 19.4. The van der Waals surface area contributed by atoms with Gasteiger partial charge < -0.3 is 9.47 Å². The molecule has 8 nitrogen and oxygen atoms in total. The molecule has 5 rings (SSSR count).